The number of ether oxygens (including phenoxy) is 1. The number of ketones is 1. The zero-order valence-corrected chi connectivity index (χ0v) is 8.61. The molecule has 0 saturated carbocycles. The van der Waals surface area contributed by atoms with Gasteiger partial charge in [0, 0.05) is 0 Å². The average molecular weight is 256 g/mol. The van der Waals surface area contributed by atoms with Crippen LogP contribution >= 0.6 is 7.82 Å². The topological polar surface area (TPSA) is 151 Å². The summed E-state index contributed by atoms with van der Waals surface area (Å²) in [7, 11) is -5.02. The van der Waals surface area contributed by atoms with Crippen molar-refractivity contribution in [3.63, 3.8) is 0 Å². The van der Waals surface area contributed by atoms with Crippen LogP contribution in [0.5, 0.6) is 0 Å². The Bertz CT molecular complexity index is 346. The summed E-state index contributed by atoms with van der Waals surface area (Å²) in [5.74, 6) is -2.46. The second-order valence-electron chi connectivity index (χ2n) is 2.99. The Balaban J connectivity index is 2.79. The van der Waals surface area contributed by atoms with Gasteiger partial charge in [-0.3, -0.25) is 9.32 Å². The molecule has 1 fully saturated rings. The Labute approximate surface area is 88.8 Å². The molecule has 3 atom stereocenters. The first-order valence-electron chi connectivity index (χ1n) is 4.03. The van der Waals surface area contributed by atoms with Gasteiger partial charge in [0.1, 0.15) is 6.10 Å². The molecule has 1 aliphatic rings. The highest BCUT2D eigenvalue weighted by atomic mass is 31.2. The summed E-state index contributed by atoms with van der Waals surface area (Å²) in [6.07, 6.45) is -5.40. The van der Waals surface area contributed by atoms with E-state index in [0.29, 0.717) is 0 Å². The summed E-state index contributed by atoms with van der Waals surface area (Å²) in [5, 5.41) is 17.6. The molecule has 0 spiro atoms. The van der Waals surface area contributed by atoms with Gasteiger partial charge in [0.25, 0.3) is 0 Å². The van der Waals surface area contributed by atoms with Crippen LogP contribution in [-0.4, -0.2) is 56.7 Å². The molecule has 1 saturated heterocycles. The highest BCUT2D eigenvalue weighted by Gasteiger charge is 2.50. The molecule has 0 amide bonds. The Morgan fingerprint density at radius 1 is 1.44 bits per heavy atom. The number of cyclic esters (lactones) is 1. The fourth-order valence-corrected chi connectivity index (χ4v) is 1.57. The van der Waals surface area contributed by atoms with E-state index in [2.05, 4.69) is 9.26 Å². The van der Waals surface area contributed by atoms with E-state index in [4.69, 9.17) is 20.0 Å². The number of phosphoric ester groups is 1. The van der Waals surface area contributed by atoms with E-state index >= 15 is 0 Å². The van der Waals surface area contributed by atoms with Crippen LogP contribution in [-0.2, 0) is 23.4 Å². The number of carbonyl (C=O) groups excluding carboxylic acids is 2. The summed E-state index contributed by atoms with van der Waals surface area (Å²) < 4.78 is 18.6. The normalized spacial score (nSPS) is 28.0. The first-order chi connectivity index (χ1) is 7.26. The van der Waals surface area contributed by atoms with Crippen molar-refractivity contribution < 1.29 is 43.4 Å². The zero-order valence-electron chi connectivity index (χ0n) is 7.72. The van der Waals surface area contributed by atoms with Gasteiger partial charge in [-0.1, -0.05) is 0 Å². The number of phosphoric acid groups is 1. The minimum absolute atomic E-state index is 0.841. The number of esters is 1. The van der Waals surface area contributed by atoms with E-state index in [9.17, 15) is 14.2 Å². The van der Waals surface area contributed by atoms with Crippen LogP contribution in [0, 0.1) is 0 Å². The first kappa shape index (κ1) is 13.2. The molecule has 0 bridgehead atoms. The van der Waals surface area contributed by atoms with E-state index in [1.807, 2.05) is 0 Å². The van der Waals surface area contributed by atoms with Gasteiger partial charge < -0.3 is 24.7 Å². The van der Waals surface area contributed by atoms with Crippen molar-refractivity contribution in [3.05, 3.63) is 0 Å². The van der Waals surface area contributed by atoms with Gasteiger partial charge in [-0.15, -0.1) is 0 Å². The fourth-order valence-electron chi connectivity index (χ4n) is 1.11. The molecule has 1 heterocycles. The maximum atomic E-state index is 11.3. The van der Waals surface area contributed by atoms with Crippen LogP contribution in [0.4, 0.5) is 0 Å². The van der Waals surface area contributed by atoms with Crippen LogP contribution in [0.1, 0.15) is 0 Å². The molecular weight excluding hydrogens is 247 g/mol. The Morgan fingerprint density at radius 3 is 2.44 bits per heavy atom. The molecule has 0 aromatic heterocycles. The van der Waals surface area contributed by atoms with Gasteiger partial charge in [0.2, 0.25) is 11.9 Å². The fraction of sp³-hybridized carbons (Fsp3) is 0.667. The Kier molecular flexibility index (Phi) is 3.79. The molecule has 92 valence electrons. The van der Waals surface area contributed by atoms with Crippen molar-refractivity contribution in [1.82, 2.24) is 0 Å². The average Bonchev–Trinajstić information content (AvgIpc) is 2.42. The summed E-state index contributed by atoms with van der Waals surface area (Å²) in [4.78, 5) is 39.1. The molecule has 0 aromatic rings. The van der Waals surface area contributed by atoms with Gasteiger partial charge in [-0.05, 0) is 0 Å². The van der Waals surface area contributed by atoms with Crippen molar-refractivity contribution in [2.24, 2.45) is 0 Å². The number of aliphatic hydroxyl groups excluding tert-OH is 2. The number of carbonyl (C=O) groups is 2. The van der Waals surface area contributed by atoms with Crippen LogP contribution in [0.2, 0.25) is 0 Å². The van der Waals surface area contributed by atoms with Crippen LogP contribution in [0.3, 0.4) is 0 Å². The monoisotopic (exact) mass is 256 g/mol. The SMILES string of the molecule is O=C1O[C@@H]([C@H](O)CO)C(=O)C1OP(=O)(O)O. The molecule has 0 aromatic carbocycles. The van der Waals surface area contributed by atoms with E-state index < -0.39 is 44.5 Å². The number of rotatable bonds is 4. The van der Waals surface area contributed by atoms with E-state index in [0.717, 1.165) is 0 Å². The molecule has 1 rings (SSSR count). The molecule has 10 heteroatoms. The van der Waals surface area contributed by atoms with Crippen LogP contribution in [0.25, 0.3) is 0 Å². The van der Waals surface area contributed by atoms with Gasteiger partial charge in [0.15, 0.2) is 6.10 Å². The minimum Gasteiger partial charge on any atom is -0.449 e. The molecule has 0 aliphatic carbocycles. The van der Waals surface area contributed by atoms with Gasteiger partial charge >= 0.3 is 13.8 Å². The molecule has 0 radical (unpaired) electrons. The lowest BCUT2D eigenvalue weighted by molar-refractivity contribution is -0.151. The Hall–Kier alpha value is -0.830. The predicted octanol–water partition coefficient (Wildman–Crippen LogP) is -2.69. The standard InChI is InChI=1S/C6H9O9P/c7-1-2(8)4-3(9)5(6(10)14-4)15-16(11,12)13/h2,4-5,7-8H,1H2,(H2,11,12,13)/t2-,4+,5?/m1/s1. The summed E-state index contributed by atoms with van der Waals surface area (Å²) in [6, 6.07) is 0. The van der Waals surface area contributed by atoms with Crippen molar-refractivity contribution in [1.29, 1.82) is 0 Å². The van der Waals surface area contributed by atoms with Gasteiger partial charge in [-0.25, -0.2) is 9.36 Å². The number of aliphatic hydroxyl groups is 2. The first-order valence-corrected chi connectivity index (χ1v) is 5.56. The molecule has 16 heavy (non-hydrogen) atoms. The van der Waals surface area contributed by atoms with E-state index in [-0.39, 0.29) is 0 Å². The second kappa shape index (κ2) is 4.58. The number of Topliss-reactive ketones (excluding diaryl/α,β-unsaturated/α-hetero) is 1. The minimum atomic E-state index is -5.02. The zero-order chi connectivity index (χ0) is 12.5. The molecule has 4 N–H and O–H groups in total. The summed E-state index contributed by atoms with van der Waals surface area (Å²) in [6.45, 7) is -0.841. The van der Waals surface area contributed by atoms with Gasteiger partial charge in [0.05, 0.1) is 6.61 Å². The van der Waals surface area contributed by atoms with Crippen molar-refractivity contribution in [3.8, 4) is 0 Å². The van der Waals surface area contributed by atoms with Crippen LogP contribution < -0.4 is 0 Å². The smallest absolute Gasteiger partial charge is 0.449 e. The second-order valence-corrected chi connectivity index (χ2v) is 4.18. The molecular formula is C6H9O9P. The maximum Gasteiger partial charge on any atom is 0.470 e. The van der Waals surface area contributed by atoms with Crippen molar-refractivity contribution >= 4 is 19.6 Å². The third-order valence-corrected chi connectivity index (χ3v) is 2.26. The number of hydrogen-bond donors (Lipinski definition) is 4. The lowest BCUT2D eigenvalue weighted by Gasteiger charge is -2.12. The quantitative estimate of drug-likeness (QED) is 0.239. The third-order valence-electron chi connectivity index (χ3n) is 1.78. The lowest BCUT2D eigenvalue weighted by Crippen LogP contribution is -2.37. The van der Waals surface area contributed by atoms with Gasteiger partial charge in [-0.2, -0.15) is 0 Å². The largest absolute Gasteiger partial charge is 0.470 e. The molecule has 1 aliphatic heterocycles. The predicted molar refractivity (Wildman–Crippen MR) is 44.9 cm³/mol. The third kappa shape index (κ3) is 2.85. The van der Waals surface area contributed by atoms with Crippen molar-refractivity contribution in [2.75, 3.05) is 6.61 Å². The summed E-state index contributed by atoms with van der Waals surface area (Å²) >= 11 is 0. The highest BCUT2D eigenvalue weighted by Crippen LogP contribution is 2.39. The van der Waals surface area contributed by atoms with Crippen LogP contribution in [0.15, 0.2) is 0 Å². The van der Waals surface area contributed by atoms with Crippen molar-refractivity contribution in [2.45, 2.75) is 18.3 Å². The highest BCUT2D eigenvalue weighted by molar-refractivity contribution is 7.46. The number of hydrogen-bond acceptors (Lipinski definition) is 7. The Morgan fingerprint density at radius 2 is 2.00 bits per heavy atom. The maximum absolute atomic E-state index is 11.3. The van der Waals surface area contributed by atoms with E-state index in [1.54, 1.807) is 0 Å². The lowest BCUT2D eigenvalue weighted by atomic mass is 10.1. The molecule has 9 nitrogen and oxygen atoms in total. The van der Waals surface area contributed by atoms with E-state index in [1.165, 1.54) is 0 Å². The summed E-state index contributed by atoms with van der Waals surface area (Å²) in [5.41, 5.74) is 0. The molecule has 1 unspecified atom stereocenters.